The second-order valence-corrected chi connectivity index (χ2v) is 16.0. The molecule has 3 unspecified atom stereocenters. The Morgan fingerprint density at radius 2 is 1.20 bits per heavy atom. The standard InChI is InChI=1S/C54H53N/c1-37-16-19-42(20-17-37)41(5)54-34-38(2)18-33-51(54)53-36-52(39(3)35-40(53)4)47-25-31-50(32-26-47)55(48-27-21-45(22-28-48)43-12-8-6-9-13-43)49-29-23-46(24-30-49)44-14-10-7-11-15-44/h6,8-10,12-35,40-41,52-53H,7,11,36H2,1-5H3/t40?,41-,52?,53?/m0/s1. The van der Waals surface area contributed by atoms with Gasteiger partial charge in [-0.3, -0.25) is 0 Å². The van der Waals surface area contributed by atoms with Crippen molar-refractivity contribution < 1.29 is 0 Å². The second-order valence-electron chi connectivity index (χ2n) is 16.0. The van der Waals surface area contributed by atoms with E-state index in [1.807, 2.05) is 0 Å². The minimum absolute atomic E-state index is 0.338. The highest BCUT2D eigenvalue weighted by atomic mass is 15.1. The predicted molar refractivity (Wildman–Crippen MR) is 236 cm³/mol. The summed E-state index contributed by atoms with van der Waals surface area (Å²) in [7, 11) is 0. The van der Waals surface area contributed by atoms with Crippen molar-refractivity contribution in [2.24, 2.45) is 5.92 Å². The molecule has 1 heteroatoms. The Bertz CT molecular complexity index is 2320. The Hall–Kier alpha value is -5.66. The molecule has 0 fully saturated rings. The maximum atomic E-state index is 2.55. The molecule has 0 aromatic heterocycles. The third-order valence-corrected chi connectivity index (χ3v) is 12.1. The largest absolute Gasteiger partial charge is 0.311 e. The molecule has 0 bridgehead atoms. The number of allylic oxidation sites excluding steroid dienone is 6. The molecule has 2 aliphatic carbocycles. The van der Waals surface area contributed by atoms with E-state index >= 15 is 0 Å². The summed E-state index contributed by atoms with van der Waals surface area (Å²) in [6.45, 7) is 11.5. The first-order valence-corrected chi connectivity index (χ1v) is 20.2. The van der Waals surface area contributed by atoms with Crippen LogP contribution >= 0.6 is 0 Å². The molecule has 0 radical (unpaired) electrons. The Morgan fingerprint density at radius 1 is 0.600 bits per heavy atom. The van der Waals surface area contributed by atoms with E-state index < -0.39 is 0 Å². The topological polar surface area (TPSA) is 3.24 Å². The number of rotatable bonds is 9. The van der Waals surface area contributed by atoms with E-state index in [1.54, 1.807) is 0 Å². The molecule has 0 aliphatic heterocycles. The van der Waals surface area contributed by atoms with E-state index in [9.17, 15) is 0 Å². The van der Waals surface area contributed by atoms with Crippen molar-refractivity contribution >= 4 is 22.6 Å². The number of anilines is 3. The number of aryl methyl sites for hydroxylation is 2. The molecule has 8 rings (SSSR count). The minimum atomic E-state index is 0.338. The van der Waals surface area contributed by atoms with E-state index in [0.29, 0.717) is 23.7 Å². The van der Waals surface area contributed by atoms with Crippen molar-refractivity contribution in [2.45, 2.75) is 71.6 Å². The lowest BCUT2D eigenvalue weighted by Gasteiger charge is -2.36. The van der Waals surface area contributed by atoms with Crippen LogP contribution < -0.4 is 4.90 Å². The summed E-state index contributed by atoms with van der Waals surface area (Å²) in [6.07, 6.45) is 12.8. The van der Waals surface area contributed by atoms with Gasteiger partial charge in [-0.15, -0.1) is 0 Å². The summed E-state index contributed by atoms with van der Waals surface area (Å²) >= 11 is 0. The highest BCUT2D eigenvalue weighted by molar-refractivity contribution is 5.81. The van der Waals surface area contributed by atoms with Gasteiger partial charge < -0.3 is 4.90 Å². The van der Waals surface area contributed by atoms with Gasteiger partial charge in [0, 0.05) is 28.9 Å². The molecular formula is C54H53N. The molecule has 4 atom stereocenters. The predicted octanol–water partition coefficient (Wildman–Crippen LogP) is 15.2. The van der Waals surface area contributed by atoms with Gasteiger partial charge in [0.15, 0.2) is 0 Å². The Balaban J connectivity index is 1.11. The molecule has 0 saturated heterocycles. The molecule has 0 heterocycles. The van der Waals surface area contributed by atoms with Gasteiger partial charge >= 0.3 is 0 Å². The molecule has 1 nitrogen and oxygen atoms in total. The molecule has 6 aromatic rings. The smallest absolute Gasteiger partial charge is 0.0462 e. The average Bonchev–Trinajstić information content (AvgIpc) is 3.23. The quantitative estimate of drug-likeness (QED) is 0.135. The average molecular weight is 716 g/mol. The maximum Gasteiger partial charge on any atom is 0.0462 e. The number of benzene rings is 6. The zero-order valence-electron chi connectivity index (χ0n) is 33.0. The SMILES string of the molecule is CC1=CC(C)C(c2ccc(C)cc2[C@@H](C)c2ccc(C)cc2)CC1c1ccc(N(c2ccc(C3=CCCC=C3)cc2)c2ccc(-c3ccccc3)cc2)cc1. The second kappa shape index (κ2) is 16.0. The van der Waals surface area contributed by atoms with E-state index in [4.69, 9.17) is 0 Å². The summed E-state index contributed by atoms with van der Waals surface area (Å²) in [5.41, 5.74) is 18.4. The highest BCUT2D eigenvalue weighted by Gasteiger charge is 2.31. The van der Waals surface area contributed by atoms with Gasteiger partial charge in [0.25, 0.3) is 0 Å². The summed E-state index contributed by atoms with van der Waals surface area (Å²) < 4.78 is 0. The molecule has 0 N–H and O–H groups in total. The van der Waals surface area contributed by atoms with Gasteiger partial charge in [-0.1, -0.05) is 164 Å². The van der Waals surface area contributed by atoms with Crippen molar-refractivity contribution in [3.8, 4) is 11.1 Å². The molecule has 2 aliphatic rings. The van der Waals surface area contributed by atoms with Gasteiger partial charge in [0.1, 0.15) is 0 Å². The Kier molecular flexibility index (Phi) is 10.6. The first-order valence-electron chi connectivity index (χ1n) is 20.2. The lowest BCUT2D eigenvalue weighted by molar-refractivity contribution is 0.445. The van der Waals surface area contributed by atoms with Crippen molar-refractivity contribution in [3.05, 3.63) is 214 Å². The summed E-state index contributed by atoms with van der Waals surface area (Å²) in [5, 5.41) is 0. The van der Waals surface area contributed by atoms with Crippen LogP contribution in [0.4, 0.5) is 17.1 Å². The van der Waals surface area contributed by atoms with Crippen molar-refractivity contribution in [1.82, 2.24) is 0 Å². The van der Waals surface area contributed by atoms with Crippen molar-refractivity contribution in [2.75, 3.05) is 4.90 Å². The number of nitrogens with zero attached hydrogens (tertiary/aromatic N) is 1. The molecule has 6 aromatic carbocycles. The van der Waals surface area contributed by atoms with Crippen LogP contribution in [-0.4, -0.2) is 0 Å². The number of hydrogen-bond acceptors (Lipinski definition) is 1. The minimum Gasteiger partial charge on any atom is -0.311 e. The van der Waals surface area contributed by atoms with Crippen LogP contribution in [-0.2, 0) is 0 Å². The van der Waals surface area contributed by atoms with E-state index in [0.717, 1.165) is 36.3 Å². The molecule has 55 heavy (non-hydrogen) atoms. The van der Waals surface area contributed by atoms with Crippen LogP contribution in [0, 0.1) is 19.8 Å². The van der Waals surface area contributed by atoms with Crippen LogP contribution in [0.1, 0.15) is 96.7 Å². The monoisotopic (exact) mass is 715 g/mol. The molecular weight excluding hydrogens is 663 g/mol. The maximum absolute atomic E-state index is 2.55. The summed E-state index contributed by atoms with van der Waals surface area (Å²) in [5.74, 6) is 1.63. The molecule has 274 valence electrons. The zero-order valence-corrected chi connectivity index (χ0v) is 33.0. The normalized spacial score (nSPS) is 18.7. The van der Waals surface area contributed by atoms with Gasteiger partial charge in [0.2, 0.25) is 0 Å². The fourth-order valence-corrected chi connectivity index (χ4v) is 8.92. The van der Waals surface area contributed by atoms with E-state index in [2.05, 4.69) is 209 Å². The lowest BCUT2D eigenvalue weighted by Crippen LogP contribution is -2.21. The van der Waals surface area contributed by atoms with Crippen LogP contribution in [0.3, 0.4) is 0 Å². The summed E-state index contributed by atoms with van der Waals surface area (Å²) in [4.78, 5) is 2.40. The van der Waals surface area contributed by atoms with E-state index in [-0.39, 0.29) is 0 Å². The van der Waals surface area contributed by atoms with Crippen LogP contribution in [0.25, 0.3) is 16.7 Å². The third kappa shape index (κ3) is 7.80. The van der Waals surface area contributed by atoms with Crippen LogP contribution in [0.5, 0.6) is 0 Å². The first-order chi connectivity index (χ1) is 26.8. The third-order valence-electron chi connectivity index (χ3n) is 12.1. The summed E-state index contributed by atoms with van der Waals surface area (Å²) in [6, 6.07) is 54.5. The fourth-order valence-electron chi connectivity index (χ4n) is 8.92. The van der Waals surface area contributed by atoms with Crippen LogP contribution in [0.2, 0.25) is 0 Å². The fraction of sp³-hybridized carbons (Fsp3) is 0.222. The van der Waals surface area contributed by atoms with E-state index in [1.165, 1.54) is 61.2 Å². The molecule has 0 amide bonds. The van der Waals surface area contributed by atoms with Crippen LogP contribution in [0.15, 0.2) is 175 Å². The highest BCUT2D eigenvalue weighted by Crippen LogP contribution is 2.47. The lowest BCUT2D eigenvalue weighted by atomic mass is 9.69. The Labute approximate surface area is 329 Å². The van der Waals surface area contributed by atoms with Crippen molar-refractivity contribution in [1.29, 1.82) is 0 Å². The van der Waals surface area contributed by atoms with Gasteiger partial charge in [0.05, 0.1) is 0 Å². The van der Waals surface area contributed by atoms with Crippen molar-refractivity contribution in [3.63, 3.8) is 0 Å². The first kappa shape index (κ1) is 36.3. The van der Waals surface area contributed by atoms with Gasteiger partial charge in [-0.25, -0.2) is 0 Å². The van der Waals surface area contributed by atoms with Gasteiger partial charge in [-0.05, 0) is 133 Å². The number of hydrogen-bond donors (Lipinski definition) is 0. The zero-order chi connectivity index (χ0) is 37.9. The van der Waals surface area contributed by atoms with Gasteiger partial charge in [-0.2, -0.15) is 0 Å². The molecule has 0 saturated carbocycles. The Morgan fingerprint density at radius 3 is 1.84 bits per heavy atom. The molecule has 0 spiro atoms.